The van der Waals surface area contributed by atoms with Gasteiger partial charge in [-0.05, 0) is 28.1 Å². The van der Waals surface area contributed by atoms with Crippen LogP contribution in [0.2, 0.25) is 0 Å². The summed E-state index contributed by atoms with van der Waals surface area (Å²) in [5.41, 5.74) is 1.32. The van der Waals surface area contributed by atoms with Gasteiger partial charge in [-0.25, -0.2) is 0 Å². The van der Waals surface area contributed by atoms with Crippen molar-refractivity contribution in [2.45, 2.75) is 6.54 Å². The number of carbonyl (C=O) groups excluding carboxylic acids is 1. The van der Waals surface area contributed by atoms with Crippen LogP contribution >= 0.6 is 27.3 Å². The van der Waals surface area contributed by atoms with Gasteiger partial charge in [0.05, 0.1) is 24.0 Å². The van der Waals surface area contributed by atoms with Crippen molar-refractivity contribution >= 4 is 38.9 Å². The molecule has 0 bridgehead atoms. The average molecular weight is 326 g/mol. The van der Waals surface area contributed by atoms with E-state index in [4.69, 9.17) is 0 Å². The molecule has 2 heterocycles. The standard InChI is InChI=1S/C12H12BrN3OS/c1-14-11-6-15-3-2-10(11)12(17)16-5-9-4-8(13)7-18-9/h2-4,6-7,14H,5H2,1H3,(H,16,17). The lowest BCUT2D eigenvalue weighted by Gasteiger charge is -2.08. The van der Waals surface area contributed by atoms with Crippen molar-refractivity contribution in [3.63, 3.8) is 0 Å². The topological polar surface area (TPSA) is 54.0 Å². The highest BCUT2D eigenvalue weighted by molar-refractivity contribution is 9.10. The summed E-state index contributed by atoms with van der Waals surface area (Å²) in [7, 11) is 1.77. The molecule has 2 rings (SSSR count). The lowest BCUT2D eigenvalue weighted by molar-refractivity contribution is 0.0952. The van der Waals surface area contributed by atoms with Gasteiger partial charge in [0, 0.05) is 28.0 Å². The first-order valence-electron chi connectivity index (χ1n) is 5.33. The summed E-state index contributed by atoms with van der Waals surface area (Å²) >= 11 is 4.99. The van der Waals surface area contributed by atoms with Gasteiger partial charge in [0.25, 0.3) is 5.91 Å². The quantitative estimate of drug-likeness (QED) is 0.908. The van der Waals surface area contributed by atoms with Gasteiger partial charge in [0.15, 0.2) is 0 Å². The largest absolute Gasteiger partial charge is 0.386 e. The molecule has 0 aromatic carbocycles. The molecule has 6 heteroatoms. The molecular weight excluding hydrogens is 314 g/mol. The summed E-state index contributed by atoms with van der Waals surface area (Å²) in [5, 5.41) is 7.83. The van der Waals surface area contributed by atoms with Crippen molar-refractivity contribution in [3.8, 4) is 0 Å². The molecule has 0 aliphatic rings. The first-order chi connectivity index (χ1) is 8.70. The van der Waals surface area contributed by atoms with Crippen LogP contribution in [0.1, 0.15) is 15.2 Å². The van der Waals surface area contributed by atoms with E-state index in [1.807, 2.05) is 11.4 Å². The van der Waals surface area contributed by atoms with Gasteiger partial charge in [-0.1, -0.05) is 0 Å². The van der Waals surface area contributed by atoms with Crippen LogP contribution in [0.25, 0.3) is 0 Å². The molecular formula is C12H12BrN3OS. The number of nitrogens with zero attached hydrogens (tertiary/aromatic N) is 1. The molecule has 0 saturated heterocycles. The van der Waals surface area contributed by atoms with Gasteiger partial charge < -0.3 is 10.6 Å². The van der Waals surface area contributed by atoms with E-state index >= 15 is 0 Å². The molecule has 18 heavy (non-hydrogen) atoms. The Labute approximate surface area is 118 Å². The average Bonchev–Trinajstić information content (AvgIpc) is 2.81. The summed E-state index contributed by atoms with van der Waals surface area (Å²) in [6.07, 6.45) is 3.24. The predicted molar refractivity (Wildman–Crippen MR) is 77.0 cm³/mol. The summed E-state index contributed by atoms with van der Waals surface area (Å²) in [6, 6.07) is 3.70. The highest BCUT2D eigenvalue weighted by Crippen LogP contribution is 2.19. The van der Waals surface area contributed by atoms with E-state index in [0.29, 0.717) is 12.1 Å². The van der Waals surface area contributed by atoms with E-state index in [1.54, 1.807) is 36.8 Å². The van der Waals surface area contributed by atoms with Crippen molar-refractivity contribution in [1.29, 1.82) is 0 Å². The summed E-state index contributed by atoms with van der Waals surface area (Å²) < 4.78 is 1.04. The predicted octanol–water partition coefficient (Wildman–Crippen LogP) is 2.88. The molecule has 2 N–H and O–H groups in total. The molecule has 0 unspecified atom stereocenters. The second-order valence-electron chi connectivity index (χ2n) is 3.59. The Kier molecular flexibility index (Phi) is 4.33. The Bertz CT molecular complexity index is 556. The normalized spacial score (nSPS) is 10.1. The minimum atomic E-state index is -0.105. The number of thiophene rings is 1. The number of halogens is 1. The van der Waals surface area contributed by atoms with Crippen molar-refractivity contribution in [2.24, 2.45) is 0 Å². The molecule has 0 atom stereocenters. The van der Waals surface area contributed by atoms with Crippen LogP contribution in [-0.4, -0.2) is 17.9 Å². The zero-order valence-corrected chi connectivity index (χ0v) is 12.1. The highest BCUT2D eigenvalue weighted by atomic mass is 79.9. The second kappa shape index (κ2) is 5.97. The van der Waals surface area contributed by atoms with E-state index in [-0.39, 0.29) is 5.91 Å². The molecule has 0 aliphatic carbocycles. The Hall–Kier alpha value is -1.40. The van der Waals surface area contributed by atoms with E-state index in [1.165, 1.54) is 0 Å². The third-order valence-electron chi connectivity index (χ3n) is 2.38. The van der Waals surface area contributed by atoms with E-state index < -0.39 is 0 Å². The monoisotopic (exact) mass is 325 g/mol. The number of amides is 1. The number of aromatic nitrogens is 1. The van der Waals surface area contributed by atoms with Gasteiger partial charge in [-0.3, -0.25) is 9.78 Å². The van der Waals surface area contributed by atoms with Gasteiger partial charge in [0.2, 0.25) is 0 Å². The minimum absolute atomic E-state index is 0.105. The van der Waals surface area contributed by atoms with E-state index in [0.717, 1.165) is 15.0 Å². The Balaban J connectivity index is 2.03. The van der Waals surface area contributed by atoms with Crippen LogP contribution in [0.4, 0.5) is 5.69 Å². The van der Waals surface area contributed by atoms with Crippen molar-refractivity contribution in [1.82, 2.24) is 10.3 Å². The molecule has 4 nitrogen and oxygen atoms in total. The third-order valence-corrected chi connectivity index (χ3v) is 4.08. The smallest absolute Gasteiger partial charge is 0.253 e. The van der Waals surface area contributed by atoms with Gasteiger partial charge in [-0.15, -0.1) is 11.3 Å². The van der Waals surface area contributed by atoms with Gasteiger partial charge in [0.1, 0.15) is 0 Å². The number of rotatable bonds is 4. The summed E-state index contributed by atoms with van der Waals surface area (Å²) in [5.74, 6) is -0.105. The first kappa shape index (κ1) is 13.0. The molecule has 0 aliphatic heterocycles. The third kappa shape index (κ3) is 3.08. The van der Waals surface area contributed by atoms with Crippen LogP contribution in [0.15, 0.2) is 34.4 Å². The second-order valence-corrected chi connectivity index (χ2v) is 5.50. The molecule has 0 saturated carbocycles. The van der Waals surface area contributed by atoms with Crippen LogP contribution in [0.3, 0.4) is 0 Å². The Morgan fingerprint density at radius 2 is 2.39 bits per heavy atom. The number of hydrogen-bond donors (Lipinski definition) is 2. The fraction of sp³-hybridized carbons (Fsp3) is 0.167. The number of hydrogen-bond acceptors (Lipinski definition) is 4. The zero-order valence-electron chi connectivity index (χ0n) is 9.74. The van der Waals surface area contributed by atoms with Crippen LogP contribution in [-0.2, 0) is 6.54 Å². The van der Waals surface area contributed by atoms with E-state index in [9.17, 15) is 4.79 Å². The fourth-order valence-electron chi connectivity index (χ4n) is 1.50. The molecule has 0 radical (unpaired) electrons. The zero-order chi connectivity index (χ0) is 13.0. The number of carbonyl (C=O) groups is 1. The molecule has 0 spiro atoms. The lowest BCUT2D eigenvalue weighted by Crippen LogP contribution is -2.23. The van der Waals surface area contributed by atoms with Gasteiger partial charge >= 0.3 is 0 Å². The minimum Gasteiger partial charge on any atom is -0.386 e. The van der Waals surface area contributed by atoms with E-state index in [2.05, 4.69) is 31.5 Å². The Morgan fingerprint density at radius 1 is 1.56 bits per heavy atom. The Morgan fingerprint density at radius 3 is 3.06 bits per heavy atom. The summed E-state index contributed by atoms with van der Waals surface area (Å²) in [4.78, 5) is 17.1. The molecule has 94 valence electrons. The maximum Gasteiger partial charge on any atom is 0.253 e. The molecule has 1 amide bonds. The first-order valence-corrected chi connectivity index (χ1v) is 7.01. The number of anilines is 1. The molecule has 0 fully saturated rings. The van der Waals surface area contributed by atoms with Crippen LogP contribution < -0.4 is 10.6 Å². The SMILES string of the molecule is CNc1cnccc1C(=O)NCc1cc(Br)cs1. The lowest BCUT2D eigenvalue weighted by atomic mass is 10.2. The molecule has 2 aromatic rings. The molecule has 2 aromatic heterocycles. The van der Waals surface area contributed by atoms with Crippen molar-refractivity contribution in [2.75, 3.05) is 12.4 Å². The summed E-state index contributed by atoms with van der Waals surface area (Å²) in [6.45, 7) is 0.528. The maximum absolute atomic E-state index is 12.0. The maximum atomic E-state index is 12.0. The van der Waals surface area contributed by atoms with Gasteiger partial charge in [-0.2, -0.15) is 0 Å². The van der Waals surface area contributed by atoms with Crippen LogP contribution in [0.5, 0.6) is 0 Å². The number of nitrogens with one attached hydrogen (secondary N) is 2. The van der Waals surface area contributed by atoms with Crippen molar-refractivity contribution in [3.05, 3.63) is 44.8 Å². The highest BCUT2D eigenvalue weighted by Gasteiger charge is 2.10. The van der Waals surface area contributed by atoms with Crippen LogP contribution in [0, 0.1) is 0 Å². The number of pyridine rings is 1. The fourth-order valence-corrected chi connectivity index (χ4v) is 2.89. The van der Waals surface area contributed by atoms with Crippen molar-refractivity contribution < 1.29 is 4.79 Å².